The minimum Gasteiger partial charge on any atom is -0.330 e. The topological polar surface area (TPSA) is 31.9 Å². The van der Waals surface area contributed by atoms with Gasteiger partial charge in [0, 0.05) is 23.8 Å². The number of hydrogen-bond donors (Lipinski definition) is 1. The van der Waals surface area contributed by atoms with Crippen LogP contribution in [0.25, 0.3) is 0 Å². The quantitative estimate of drug-likeness (QED) is 0.747. The zero-order valence-corrected chi connectivity index (χ0v) is 9.82. The summed E-state index contributed by atoms with van der Waals surface area (Å²) in [5, 5.41) is 0. The highest BCUT2D eigenvalue weighted by molar-refractivity contribution is 5.72. The van der Waals surface area contributed by atoms with Gasteiger partial charge in [-0.05, 0) is 24.3 Å². The van der Waals surface area contributed by atoms with Crippen LogP contribution in [0.3, 0.4) is 0 Å². The molecule has 0 saturated heterocycles. The number of nitrogens with zero attached hydrogens (tertiary/aromatic N) is 2. The lowest BCUT2D eigenvalue weighted by molar-refractivity contribution is 1.15. The lowest BCUT2D eigenvalue weighted by atomic mass is 10.2. The van der Waals surface area contributed by atoms with Crippen molar-refractivity contribution in [3.8, 4) is 0 Å². The predicted molar refractivity (Wildman–Crippen MR) is 73.3 cm³/mol. The number of para-hydroxylation sites is 2. The van der Waals surface area contributed by atoms with E-state index in [1.165, 1.54) is 0 Å². The van der Waals surface area contributed by atoms with E-state index in [1.54, 1.807) is 6.20 Å². The second-order valence-corrected chi connectivity index (χ2v) is 3.92. The van der Waals surface area contributed by atoms with E-state index in [0.29, 0.717) is 0 Å². The van der Waals surface area contributed by atoms with Gasteiger partial charge in [-0.3, -0.25) is 4.90 Å². The molecule has 1 heterocycles. The van der Waals surface area contributed by atoms with Crippen LogP contribution < -0.4 is 4.90 Å². The summed E-state index contributed by atoms with van der Waals surface area (Å²) in [6, 6.07) is 20.4. The normalized spacial score (nSPS) is 10.2. The SMILES string of the molecule is c1ccc(N(c2ccccc2)c2ncc[nH]2)cc1. The third-order valence-electron chi connectivity index (χ3n) is 2.72. The van der Waals surface area contributed by atoms with Crippen LogP contribution in [-0.4, -0.2) is 9.97 Å². The van der Waals surface area contributed by atoms with Gasteiger partial charge in [0.05, 0.1) is 0 Å². The Hall–Kier alpha value is -2.55. The number of nitrogens with one attached hydrogen (secondary N) is 1. The maximum atomic E-state index is 4.34. The van der Waals surface area contributed by atoms with Crippen LogP contribution >= 0.6 is 0 Å². The molecule has 0 bridgehead atoms. The summed E-state index contributed by atoms with van der Waals surface area (Å²) in [4.78, 5) is 9.57. The highest BCUT2D eigenvalue weighted by Gasteiger charge is 2.12. The molecule has 3 nitrogen and oxygen atoms in total. The van der Waals surface area contributed by atoms with Crippen LogP contribution in [0.2, 0.25) is 0 Å². The number of rotatable bonds is 3. The smallest absolute Gasteiger partial charge is 0.212 e. The molecule has 1 N–H and O–H groups in total. The molecular weight excluding hydrogens is 222 g/mol. The molecule has 0 radical (unpaired) electrons. The Morgan fingerprint density at radius 1 is 0.778 bits per heavy atom. The van der Waals surface area contributed by atoms with E-state index in [9.17, 15) is 0 Å². The van der Waals surface area contributed by atoms with Crippen LogP contribution in [-0.2, 0) is 0 Å². The fourth-order valence-corrected chi connectivity index (χ4v) is 1.93. The number of aromatic nitrogens is 2. The number of H-pyrrole nitrogens is 1. The summed E-state index contributed by atoms with van der Waals surface area (Å²) >= 11 is 0. The zero-order chi connectivity index (χ0) is 12.2. The first-order chi connectivity index (χ1) is 8.95. The van der Waals surface area contributed by atoms with E-state index < -0.39 is 0 Å². The van der Waals surface area contributed by atoms with Crippen molar-refractivity contribution in [3.05, 3.63) is 73.1 Å². The van der Waals surface area contributed by atoms with E-state index in [1.807, 2.05) is 42.6 Å². The van der Waals surface area contributed by atoms with Crippen LogP contribution in [0.4, 0.5) is 17.3 Å². The molecule has 0 amide bonds. The standard InChI is InChI=1S/C15H13N3/c1-3-7-13(8-4-1)18(15-16-11-12-17-15)14-9-5-2-6-10-14/h1-12H,(H,16,17). The van der Waals surface area contributed by atoms with E-state index in [4.69, 9.17) is 0 Å². The minimum absolute atomic E-state index is 0.812. The Balaban J connectivity index is 2.11. The molecule has 0 aliphatic carbocycles. The second kappa shape index (κ2) is 4.75. The van der Waals surface area contributed by atoms with E-state index in [0.717, 1.165) is 17.3 Å². The highest BCUT2D eigenvalue weighted by atomic mass is 15.3. The lowest BCUT2D eigenvalue weighted by Crippen LogP contribution is -2.11. The summed E-state index contributed by atoms with van der Waals surface area (Å²) in [5.74, 6) is 0.812. The molecule has 0 aliphatic rings. The largest absolute Gasteiger partial charge is 0.330 e. The van der Waals surface area contributed by atoms with Crippen molar-refractivity contribution in [1.82, 2.24) is 9.97 Å². The molecule has 3 heteroatoms. The third kappa shape index (κ3) is 1.98. The summed E-state index contributed by atoms with van der Waals surface area (Å²) in [7, 11) is 0. The van der Waals surface area contributed by atoms with Gasteiger partial charge in [-0.15, -0.1) is 0 Å². The molecule has 2 aromatic carbocycles. The Morgan fingerprint density at radius 3 is 1.78 bits per heavy atom. The van der Waals surface area contributed by atoms with Crippen molar-refractivity contribution in [2.45, 2.75) is 0 Å². The number of anilines is 3. The van der Waals surface area contributed by atoms with Crippen LogP contribution in [0.1, 0.15) is 0 Å². The summed E-state index contributed by atoms with van der Waals surface area (Å²) in [5.41, 5.74) is 2.16. The number of hydrogen-bond acceptors (Lipinski definition) is 2. The van der Waals surface area contributed by atoms with Crippen LogP contribution in [0, 0.1) is 0 Å². The van der Waals surface area contributed by atoms with Gasteiger partial charge in [0.15, 0.2) is 0 Å². The first-order valence-electron chi connectivity index (χ1n) is 5.85. The zero-order valence-electron chi connectivity index (χ0n) is 9.82. The molecular formula is C15H13N3. The van der Waals surface area contributed by atoms with Gasteiger partial charge in [-0.1, -0.05) is 36.4 Å². The first-order valence-corrected chi connectivity index (χ1v) is 5.85. The van der Waals surface area contributed by atoms with Crippen molar-refractivity contribution >= 4 is 17.3 Å². The number of aromatic amines is 1. The molecule has 0 spiro atoms. The van der Waals surface area contributed by atoms with Gasteiger partial charge in [-0.2, -0.15) is 0 Å². The van der Waals surface area contributed by atoms with Gasteiger partial charge >= 0.3 is 0 Å². The molecule has 0 aliphatic heterocycles. The van der Waals surface area contributed by atoms with Crippen LogP contribution in [0.5, 0.6) is 0 Å². The molecule has 88 valence electrons. The van der Waals surface area contributed by atoms with Crippen molar-refractivity contribution in [2.24, 2.45) is 0 Å². The molecule has 0 unspecified atom stereocenters. The molecule has 3 rings (SSSR count). The second-order valence-electron chi connectivity index (χ2n) is 3.92. The minimum atomic E-state index is 0.812. The molecule has 18 heavy (non-hydrogen) atoms. The number of imidazole rings is 1. The highest BCUT2D eigenvalue weighted by Crippen LogP contribution is 2.30. The predicted octanol–water partition coefficient (Wildman–Crippen LogP) is 3.88. The fourth-order valence-electron chi connectivity index (χ4n) is 1.93. The molecule has 1 aromatic heterocycles. The van der Waals surface area contributed by atoms with Crippen molar-refractivity contribution in [1.29, 1.82) is 0 Å². The average molecular weight is 235 g/mol. The van der Waals surface area contributed by atoms with Gasteiger partial charge in [-0.25, -0.2) is 4.98 Å². The van der Waals surface area contributed by atoms with Crippen molar-refractivity contribution in [3.63, 3.8) is 0 Å². The van der Waals surface area contributed by atoms with E-state index in [-0.39, 0.29) is 0 Å². The number of benzene rings is 2. The molecule has 0 fully saturated rings. The monoisotopic (exact) mass is 235 g/mol. The molecule has 3 aromatic rings. The van der Waals surface area contributed by atoms with Gasteiger partial charge in [0.25, 0.3) is 0 Å². The fraction of sp³-hybridized carbons (Fsp3) is 0. The Morgan fingerprint density at radius 2 is 1.33 bits per heavy atom. The molecule has 0 saturated carbocycles. The summed E-state index contributed by atoms with van der Waals surface area (Å²) < 4.78 is 0. The Bertz CT molecular complexity index is 549. The van der Waals surface area contributed by atoms with Gasteiger partial charge < -0.3 is 4.98 Å². The molecule has 0 atom stereocenters. The first kappa shape index (κ1) is 10.6. The summed E-state index contributed by atoms with van der Waals surface area (Å²) in [6.45, 7) is 0. The Labute approximate surface area is 106 Å². The van der Waals surface area contributed by atoms with Crippen molar-refractivity contribution < 1.29 is 0 Å². The maximum Gasteiger partial charge on any atom is 0.212 e. The van der Waals surface area contributed by atoms with Gasteiger partial charge in [0.1, 0.15) is 0 Å². The van der Waals surface area contributed by atoms with Gasteiger partial charge in [0.2, 0.25) is 5.95 Å². The lowest BCUT2D eigenvalue weighted by Gasteiger charge is -2.22. The van der Waals surface area contributed by atoms with E-state index >= 15 is 0 Å². The maximum absolute atomic E-state index is 4.34. The Kier molecular flexibility index (Phi) is 2.80. The third-order valence-corrected chi connectivity index (χ3v) is 2.72. The van der Waals surface area contributed by atoms with E-state index in [2.05, 4.69) is 39.1 Å². The van der Waals surface area contributed by atoms with Crippen molar-refractivity contribution in [2.75, 3.05) is 4.90 Å². The average Bonchev–Trinajstić information content (AvgIpc) is 2.95. The summed E-state index contributed by atoms with van der Waals surface area (Å²) in [6.07, 6.45) is 3.59. The van der Waals surface area contributed by atoms with Crippen LogP contribution in [0.15, 0.2) is 73.1 Å².